The van der Waals surface area contributed by atoms with Crippen LogP contribution >= 0.6 is 11.3 Å². The maximum atomic E-state index is 13.0. The summed E-state index contributed by atoms with van der Waals surface area (Å²) in [6.45, 7) is 0. The van der Waals surface area contributed by atoms with Gasteiger partial charge in [0.2, 0.25) is 0 Å². The molecule has 1 amide bonds. The van der Waals surface area contributed by atoms with E-state index in [1.165, 1.54) is 23.5 Å². The van der Waals surface area contributed by atoms with Gasteiger partial charge in [-0.05, 0) is 36.4 Å². The molecular weight excluding hydrogens is 315 g/mol. The van der Waals surface area contributed by atoms with Crippen molar-refractivity contribution in [3.05, 3.63) is 65.0 Å². The number of thiazole rings is 1. The molecule has 0 bridgehead atoms. The lowest BCUT2D eigenvalue weighted by molar-refractivity contribution is 0.0934. The van der Waals surface area contributed by atoms with Gasteiger partial charge in [-0.2, -0.15) is 0 Å². The van der Waals surface area contributed by atoms with Gasteiger partial charge in [0.15, 0.2) is 0 Å². The predicted octanol–water partition coefficient (Wildman–Crippen LogP) is 3.20. The zero-order chi connectivity index (χ0) is 15.8. The molecule has 2 N–H and O–H groups in total. The van der Waals surface area contributed by atoms with Crippen LogP contribution in [-0.4, -0.2) is 15.9 Å². The number of pyridine rings is 1. The molecule has 23 heavy (non-hydrogen) atoms. The normalized spacial score (nSPS) is 16.4. The summed E-state index contributed by atoms with van der Waals surface area (Å²) in [5.74, 6) is 0.0696. The number of hydrogen-bond acceptors (Lipinski definition) is 5. The van der Waals surface area contributed by atoms with Crippen LogP contribution < -0.4 is 10.6 Å². The minimum atomic E-state index is -0.435. The Bertz CT molecular complexity index is 878. The van der Waals surface area contributed by atoms with Gasteiger partial charge >= 0.3 is 0 Å². The summed E-state index contributed by atoms with van der Waals surface area (Å²) >= 11 is 1.44. The van der Waals surface area contributed by atoms with Crippen molar-refractivity contribution in [3.8, 4) is 10.6 Å². The predicted molar refractivity (Wildman–Crippen MR) is 85.6 cm³/mol. The van der Waals surface area contributed by atoms with E-state index in [9.17, 15) is 9.18 Å². The molecule has 1 unspecified atom stereocenters. The summed E-state index contributed by atoms with van der Waals surface area (Å²) in [4.78, 5) is 20.8. The molecule has 1 atom stereocenters. The van der Waals surface area contributed by atoms with E-state index in [0.29, 0.717) is 17.1 Å². The summed E-state index contributed by atoms with van der Waals surface area (Å²) < 4.78 is 13.0. The second-order valence-corrected chi connectivity index (χ2v) is 5.89. The topological polar surface area (TPSA) is 66.9 Å². The molecule has 3 heterocycles. The minimum absolute atomic E-state index is 0.187. The smallest absolute Gasteiger partial charge is 0.256 e. The highest BCUT2D eigenvalue weighted by Crippen LogP contribution is 2.29. The molecule has 0 fully saturated rings. The molecule has 3 aromatic rings. The number of anilines is 1. The van der Waals surface area contributed by atoms with Crippen LogP contribution in [0.5, 0.6) is 0 Å². The van der Waals surface area contributed by atoms with Crippen molar-refractivity contribution in [2.45, 2.75) is 6.17 Å². The fourth-order valence-corrected chi connectivity index (χ4v) is 3.23. The van der Waals surface area contributed by atoms with Crippen LogP contribution in [0.4, 0.5) is 10.2 Å². The Morgan fingerprint density at radius 1 is 1.13 bits per heavy atom. The first-order chi connectivity index (χ1) is 11.2. The van der Waals surface area contributed by atoms with Crippen molar-refractivity contribution in [1.29, 1.82) is 0 Å². The molecule has 0 radical (unpaired) electrons. The van der Waals surface area contributed by atoms with Gasteiger partial charge in [-0.3, -0.25) is 4.79 Å². The zero-order valence-electron chi connectivity index (χ0n) is 11.8. The number of fused-ring (bicyclic) bond motifs is 1. The molecule has 114 valence electrons. The number of nitrogens with zero attached hydrogens (tertiary/aromatic N) is 2. The Morgan fingerprint density at radius 3 is 2.78 bits per heavy atom. The van der Waals surface area contributed by atoms with Gasteiger partial charge in [0.1, 0.15) is 22.8 Å². The average molecular weight is 326 g/mol. The summed E-state index contributed by atoms with van der Waals surface area (Å²) in [7, 11) is 0. The molecule has 7 heteroatoms. The van der Waals surface area contributed by atoms with E-state index < -0.39 is 6.17 Å². The maximum absolute atomic E-state index is 13.0. The van der Waals surface area contributed by atoms with Crippen LogP contribution in [0.25, 0.3) is 10.6 Å². The molecule has 0 spiro atoms. The van der Waals surface area contributed by atoms with E-state index in [-0.39, 0.29) is 11.7 Å². The lowest BCUT2D eigenvalue weighted by Crippen LogP contribution is -2.39. The number of hydrogen-bond donors (Lipinski definition) is 2. The second kappa shape index (κ2) is 5.44. The van der Waals surface area contributed by atoms with E-state index in [1.807, 2.05) is 5.38 Å². The number of amides is 1. The first kappa shape index (κ1) is 13.8. The first-order valence-electron chi connectivity index (χ1n) is 6.94. The fraction of sp³-hybridized carbons (Fsp3) is 0.0625. The van der Waals surface area contributed by atoms with Crippen LogP contribution in [0.2, 0.25) is 0 Å². The standard InChI is InChI=1S/C16H11FN4OS/c17-10-5-3-9(4-6-10)16-19-12(8-23-16)14-20-13-11(15(22)21-14)2-1-7-18-13/h1-8,14H,(H,18,20)(H,21,22). The molecule has 2 aromatic heterocycles. The molecule has 0 aliphatic carbocycles. The van der Waals surface area contributed by atoms with Gasteiger partial charge in [-0.25, -0.2) is 14.4 Å². The number of carbonyl (C=O) groups excluding carboxylic acids is 1. The maximum Gasteiger partial charge on any atom is 0.256 e. The van der Waals surface area contributed by atoms with Crippen molar-refractivity contribution in [3.63, 3.8) is 0 Å². The highest BCUT2D eigenvalue weighted by Gasteiger charge is 2.26. The van der Waals surface area contributed by atoms with Crippen molar-refractivity contribution in [2.75, 3.05) is 5.32 Å². The van der Waals surface area contributed by atoms with Crippen LogP contribution in [-0.2, 0) is 0 Å². The molecule has 0 saturated carbocycles. The molecule has 4 rings (SSSR count). The highest BCUT2D eigenvalue weighted by atomic mass is 32.1. The Labute approximate surface area is 135 Å². The quantitative estimate of drug-likeness (QED) is 0.759. The summed E-state index contributed by atoms with van der Waals surface area (Å²) in [5.41, 5.74) is 2.04. The van der Waals surface area contributed by atoms with Crippen molar-refractivity contribution >= 4 is 23.1 Å². The van der Waals surface area contributed by atoms with Crippen molar-refractivity contribution in [1.82, 2.24) is 15.3 Å². The van der Waals surface area contributed by atoms with Crippen LogP contribution in [0.1, 0.15) is 22.2 Å². The summed E-state index contributed by atoms with van der Waals surface area (Å²) in [6, 6.07) is 9.60. The van der Waals surface area contributed by atoms with Crippen LogP contribution in [0.15, 0.2) is 48.0 Å². The van der Waals surface area contributed by atoms with Gasteiger partial charge in [0.05, 0.1) is 11.3 Å². The lowest BCUT2D eigenvalue weighted by atomic mass is 10.1. The third kappa shape index (κ3) is 2.55. The van der Waals surface area contributed by atoms with E-state index in [1.54, 1.807) is 30.5 Å². The Hall–Kier alpha value is -2.80. The third-order valence-corrected chi connectivity index (χ3v) is 4.43. The number of carbonyl (C=O) groups is 1. The molecule has 5 nitrogen and oxygen atoms in total. The molecular formula is C16H11FN4OS. The van der Waals surface area contributed by atoms with E-state index >= 15 is 0 Å². The Kier molecular flexibility index (Phi) is 3.27. The van der Waals surface area contributed by atoms with Crippen LogP contribution in [0.3, 0.4) is 0 Å². The number of halogens is 1. The second-order valence-electron chi connectivity index (χ2n) is 5.03. The molecule has 1 aliphatic heterocycles. The Morgan fingerprint density at radius 2 is 1.96 bits per heavy atom. The van der Waals surface area contributed by atoms with Crippen LogP contribution in [0, 0.1) is 5.82 Å². The summed E-state index contributed by atoms with van der Waals surface area (Å²) in [5, 5.41) is 8.65. The number of aromatic nitrogens is 2. The zero-order valence-corrected chi connectivity index (χ0v) is 12.6. The third-order valence-electron chi connectivity index (χ3n) is 3.52. The van der Waals surface area contributed by atoms with Gasteiger partial charge in [-0.15, -0.1) is 11.3 Å². The van der Waals surface area contributed by atoms with Crippen molar-refractivity contribution < 1.29 is 9.18 Å². The fourth-order valence-electron chi connectivity index (χ4n) is 2.38. The van der Waals surface area contributed by atoms with Gasteiger partial charge in [0, 0.05) is 17.1 Å². The monoisotopic (exact) mass is 326 g/mol. The minimum Gasteiger partial charge on any atom is -0.344 e. The lowest BCUT2D eigenvalue weighted by Gasteiger charge is -2.25. The Balaban J connectivity index is 1.63. The molecule has 0 saturated heterocycles. The van der Waals surface area contributed by atoms with Gasteiger partial charge in [0.25, 0.3) is 5.91 Å². The van der Waals surface area contributed by atoms with E-state index in [4.69, 9.17) is 0 Å². The van der Waals surface area contributed by atoms with E-state index in [0.717, 1.165) is 10.6 Å². The average Bonchev–Trinajstić information content (AvgIpc) is 3.05. The van der Waals surface area contributed by atoms with Crippen molar-refractivity contribution in [2.24, 2.45) is 0 Å². The largest absolute Gasteiger partial charge is 0.344 e. The number of benzene rings is 1. The molecule has 1 aliphatic rings. The SMILES string of the molecule is O=C1NC(c2csc(-c3ccc(F)cc3)n2)Nc2ncccc21. The summed E-state index contributed by atoms with van der Waals surface area (Å²) in [6.07, 6.45) is 1.20. The first-order valence-corrected chi connectivity index (χ1v) is 7.82. The number of rotatable bonds is 2. The van der Waals surface area contributed by atoms with Gasteiger partial charge in [-0.1, -0.05) is 0 Å². The highest BCUT2D eigenvalue weighted by molar-refractivity contribution is 7.13. The van der Waals surface area contributed by atoms with E-state index in [2.05, 4.69) is 20.6 Å². The number of nitrogens with one attached hydrogen (secondary N) is 2. The molecule has 1 aromatic carbocycles. The van der Waals surface area contributed by atoms with Gasteiger partial charge < -0.3 is 10.6 Å².